The first-order valence-electron chi connectivity index (χ1n) is 8.23. The summed E-state index contributed by atoms with van der Waals surface area (Å²) in [6.07, 6.45) is 6.53. The number of rotatable bonds is 4. The lowest BCUT2D eigenvalue weighted by Gasteiger charge is -2.54. The quantitative estimate of drug-likeness (QED) is 0.471. The fourth-order valence-corrected chi connectivity index (χ4v) is 4.28. The molecule has 0 aromatic rings. The Morgan fingerprint density at radius 2 is 2.17 bits per heavy atom. The number of allylic oxidation sites excluding steroid dienone is 1. The van der Waals surface area contributed by atoms with Gasteiger partial charge >= 0.3 is 5.97 Å². The fourth-order valence-electron chi connectivity index (χ4n) is 4.28. The summed E-state index contributed by atoms with van der Waals surface area (Å²) < 4.78 is 5.44. The van der Waals surface area contributed by atoms with Crippen LogP contribution in [0.25, 0.3) is 0 Å². The predicted molar refractivity (Wildman–Crippen MR) is 90.4 cm³/mol. The molecule has 23 heavy (non-hydrogen) atoms. The van der Waals surface area contributed by atoms with Crippen LogP contribution >= 0.6 is 0 Å². The average Bonchev–Trinajstić information content (AvgIpc) is 2.65. The summed E-state index contributed by atoms with van der Waals surface area (Å²) in [6, 6.07) is 0. The van der Waals surface area contributed by atoms with Crippen molar-refractivity contribution < 1.29 is 19.4 Å². The molecule has 0 bridgehead atoms. The number of aliphatic hydroxyl groups excluding tert-OH is 1. The fraction of sp³-hybridized carbons (Fsp3) is 0.765. The van der Waals surface area contributed by atoms with Crippen LogP contribution in [0, 0.1) is 11.8 Å². The molecule has 0 spiro atoms. The van der Waals surface area contributed by atoms with Crippen molar-refractivity contribution in [3.63, 3.8) is 0 Å². The number of hydrogen-bond donors (Lipinski definition) is 2. The van der Waals surface area contributed by atoms with Crippen molar-refractivity contribution in [2.24, 2.45) is 11.8 Å². The summed E-state index contributed by atoms with van der Waals surface area (Å²) in [5.74, 6) is -1.19. The number of esters is 1. The highest BCUT2D eigenvalue weighted by Crippen LogP contribution is 2.53. The van der Waals surface area contributed by atoms with E-state index in [1.807, 2.05) is 25.8 Å². The molecule has 128 valence electrons. The molecule has 0 aromatic carbocycles. The van der Waals surface area contributed by atoms with Crippen LogP contribution in [0.4, 0.5) is 0 Å². The molecule has 2 fully saturated rings. The molecular formula is C17H28BNO4. The number of carbonyl (C=O) groups excluding carboxylic acids is 2. The lowest BCUT2D eigenvalue weighted by Crippen LogP contribution is -2.80. The Morgan fingerprint density at radius 3 is 2.70 bits per heavy atom. The molecule has 2 heterocycles. The first-order valence-corrected chi connectivity index (χ1v) is 8.23. The molecule has 0 aromatic heterocycles. The van der Waals surface area contributed by atoms with Gasteiger partial charge in [0.2, 0.25) is 11.4 Å². The summed E-state index contributed by atoms with van der Waals surface area (Å²) >= 11 is 0. The lowest BCUT2D eigenvalue weighted by atomic mass is 9.47. The van der Waals surface area contributed by atoms with Gasteiger partial charge in [-0.2, -0.15) is 0 Å². The summed E-state index contributed by atoms with van der Waals surface area (Å²) in [4.78, 5) is 24.7. The largest absolute Gasteiger partial charge is 0.453 e. The Bertz CT molecular complexity index is 535. The van der Waals surface area contributed by atoms with Gasteiger partial charge in [-0.25, -0.2) is 4.79 Å². The Kier molecular flexibility index (Phi) is 4.68. The van der Waals surface area contributed by atoms with E-state index in [-0.39, 0.29) is 19.3 Å². The van der Waals surface area contributed by atoms with Crippen molar-refractivity contribution in [3.8, 4) is 0 Å². The number of hydrogen-bond acceptors (Lipinski definition) is 4. The molecule has 0 saturated carbocycles. The smallest absolute Gasteiger partial charge is 0.339 e. The standard InChI is InChI=1S/C16H24BNO4.CH4/c1-15-11(9-17(2)3)13(20)18-16(15,14(21)22-15)12(19)10-7-5-4-6-8-10;/h5,7,10-12,19H,4,6,8-9H2,1-3H3,(H,18,20);1H4/t10-,11+,12+,15+,16+;/m1./s1. The molecule has 1 amide bonds. The first-order chi connectivity index (χ1) is 10.3. The predicted octanol–water partition coefficient (Wildman–Crippen LogP) is 1.89. The van der Waals surface area contributed by atoms with Crippen LogP contribution in [0.15, 0.2) is 12.2 Å². The van der Waals surface area contributed by atoms with Gasteiger partial charge < -0.3 is 15.2 Å². The van der Waals surface area contributed by atoms with Crippen LogP contribution in [0.2, 0.25) is 20.0 Å². The third-order valence-electron chi connectivity index (χ3n) is 5.56. The van der Waals surface area contributed by atoms with Crippen LogP contribution in [0.5, 0.6) is 0 Å². The van der Waals surface area contributed by atoms with Crippen molar-refractivity contribution in [2.75, 3.05) is 0 Å². The van der Waals surface area contributed by atoms with E-state index in [1.165, 1.54) is 0 Å². The van der Waals surface area contributed by atoms with Gasteiger partial charge in [-0.05, 0) is 26.2 Å². The van der Waals surface area contributed by atoms with Crippen LogP contribution in [-0.2, 0) is 14.3 Å². The maximum absolute atomic E-state index is 12.4. The van der Waals surface area contributed by atoms with Crippen LogP contribution < -0.4 is 5.32 Å². The number of amides is 1. The van der Waals surface area contributed by atoms with Gasteiger partial charge in [-0.15, -0.1) is 0 Å². The number of nitrogens with one attached hydrogen (secondary N) is 1. The van der Waals surface area contributed by atoms with E-state index in [4.69, 9.17) is 4.74 Å². The highest BCUT2D eigenvalue weighted by atomic mass is 16.6. The molecule has 3 aliphatic rings. The second kappa shape index (κ2) is 5.97. The molecular weight excluding hydrogens is 293 g/mol. The second-order valence-electron chi connectivity index (χ2n) is 7.44. The molecule has 2 saturated heterocycles. The van der Waals surface area contributed by atoms with E-state index in [2.05, 4.69) is 5.32 Å². The minimum Gasteiger partial charge on any atom is -0.453 e. The molecule has 0 radical (unpaired) electrons. The van der Waals surface area contributed by atoms with Gasteiger partial charge in [-0.1, -0.05) is 39.5 Å². The third-order valence-corrected chi connectivity index (χ3v) is 5.56. The Morgan fingerprint density at radius 1 is 1.48 bits per heavy atom. The van der Waals surface area contributed by atoms with Gasteiger partial charge in [0.05, 0.1) is 12.0 Å². The molecule has 6 heteroatoms. The van der Waals surface area contributed by atoms with E-state index in [1.54, 1.807) is 6.92 Å². The molecule has 5 nitrogen and oxygen atoms in total. The van der Waals surface area contributed by atoms with Gasteiger partial charge in [0.25, 0.3) is 0 Å². The molecule has 2 N–H and O–H groups in total. The minimum absolute atomic E-state index is 0. The van der Waals surface area contributed by atoms with Crippen molar-refractivity contribution in [1.29, 1.82) is 0 Å². The Balaban J connectivity index is 0.00000192. The SMILES string of the molecule is C.CB(C)C[C@H]1C(=O)N[C@@]2([C@@H](O)[C@@H]3C=CCCC3)C(=O)O[C@@]12C. The van der Waals surface area contributed by atoms with E-state index >= 15 is 0 Å². The zero-order valence-corrected chi connectivity index (χ0v) is 13.5. The molecule has 1 aliphatic carbocycles. The van der Waals surface area contributed by atoms with Gasteiger partial charge in [-0.3, -0.25) is 4.79 Å². The molecule has 5 atom stereocenters. The molecule has 2 aliphatic heterocycles. The van der Waals surface area contributed by atoms with Crippen molar-refractivity contribution in [2.45, 2.75) is 70.8 Å². The summed E-state index contributed by atoms with van der Waals surface area (Å²) in [7, 11) is 0. The third kappa shape index (κ3) is 2.33. The van der Waals surface area contributed by atoms with Crippen molar-refractivity contribution >= 4 is 18.6 Å². The topological polar surface area (TPSA) is 75.6 Å². The van der Waals surface area contributed by atoms with Gasteiger partial charge in [0.15, 0.2) is 5.60 Å². The van der Waals surface area contributed by atoms with Crippen LogP contribution in [0.3, 0.4) is 0 Å². The molecule has 3 rings (SSSR count). The van der Waals surface area contributed by atoms with E-state index in [9.17, 15) is 14.7 Å². The number of aliphatic hydroxyl groups is 1. The number of carbonyl (C=O) groups is 2. The maximum atomic E-state index is 12.4. The van der Waals surface area contributed by atoms with E-state index in [0.717, 1.165) is 19.3 Å². The van der Waals surface area contributed by atoms with Crippen LogP contribution in [0.1, 0.15) is 33.6 Å². The minimum atomic E-state index is -1.28. The van der Waals surface area contributed by atoms with Gasteiger partial charge in [0.1, 0.15) is 6.71 Å². The maximum Gasteiger partial charge on any atom is 0.339 e. The zero-order chi connectivity index (χ0) is 16.1. The zero-order valence-electron chi connectivity index (χ0n) is 13.5. The van der Waals surface area contributed by atoms with Gasteiger partial charge in [0, 0.05) is 5.92 Å². The summed E-state index contributed by atoms with van der Waals surface area (Å²) in [5, 5.41) is 13.7. The Hall–Kier alpha value is -1.30. The highest BCUT2D eigenvalue weighted by Gasteiger charge is 2.79. The van der Waals surface area contributed by atoms with E-state index < -0.39 is 29.1 Å². The lowest BCUT2D eigenvalue weighted by molar-refractivity contribution is -0.237. The number of fused-ring (bicyclic) bond motifs is 1. The normalized spacial score (nSPS) is 39.5. The summed E-state index contributed by atoms with van der Waals surface area (Å²) in [6.45, 7) is 6.18. The second-order valence-corrected chi connectivity index (χ2v) is 7.44. The summed E-state index contributed by atoms with van der Waals surface area (Å²) in [5.41, 5.74) is -2.23. The first kappa shape index (κ1) is 18.0. The van der Waals surface area contributed by atoms with Crippen LogP contribution in [-0.4, -0.2) is 40.9 Å². The number of ether oxygens (including phenoxy) is 1. The van der Waals surface area contributed by atoms with Crippen molar-refractivity contribution in [3.05, 3.63) is 12.2 Å². The van der Waals surface area contributed by atoms with E-state index in [0.29, 0.717) is 13.0 Å². The van der Waals surface area contributed by atoms with Crippen molar-refractivity contribution in [1.82, 2.24) is 5.32 Å². The average molecular weight is 321 g/mol. The monoisotopic (exact) mass is 321 g/mol. The molecule has 0 unspecified atom stereocenters. The Labute approximate surface area is 138 Å². The highest BCUT2D eigenvalue weighted by molar-refractivity contribution is 6.56.